The van der Waals surface area contributed by atoms with E-state index in [1.54, 1.807) is 0 Å². The van der Waals surface area contributed by atoms with E-state index < -0.39 is 32.6 Å². The molecule has 0 spiro atoms. The molecule has 1 N–H and O–H groups in total. The van der Waals surface area contributed by atoms with E-state index in [4.69, 9.17) is 13.8 Å². The third kappa shape index (κ3) is 32.3. The Morgan fingerprint density at radius 1 is 0.627 bits per heavy atom. The van der Waals surface area contributed by atoms with Crippen LogP contribution in [0.5, 0.6) is 0 Å². The summed E-state index contributed by atoms with van der Waals surface area (Å²) in [5, 5.41) is 10.3. The van der Waals surface area contributed by atoms with Crippen molar-refractivity contribution >= 4 is 19.6 Å². The number of unbranched alkanes of at least 4 members (excludes halogenated alkanes) is 21. The van der Waals surface area contributed by atoms with Crippen molar-refractivity contribution in [2.24, 2.45) is 5.92 Å². The normalized spacial score (nSPS) is 15.0. The van der Waals surface area contributed by atoms with Gasteiger partial charge in [-0.15, -0.1) is 0 Å². The van der Waals surface area contributed by atoms with Crippen molar-refractivity contribution in [3.8, 4) is 0 Å². The Balaban J connectivity index is 4.41. The third-order valence-corrected chi connectivity index (χ3v) is 10.6. The first-order valence-corrected chi connectivity index (χ1v) is 22.6. The number of quaternary nitrogens is 1. The van der Waals surface area contributed by atoms with Crippen LogP contribution in [0.2, 0.25) is 0 Å². The van der Waals surface area contributed by atoms with Gasteiger partial charge in [-0.2, -0.15) is 0 Å². The van der Waals surface area contributed by atoms with E-state index in [0.29, 0.717) is 17.3 Å². The number of rotatable bonds is 38. The molecule has 0 bridgehead atoms. The molecule has 10 heteroatoms. The van der Waals surface area contributed by atoms with Gasteiger partial charge in [0.2, 0.25) is 0 Å². The summed E-state index contributed by atoms with van der Waals surface area (Å²) < 4.78 is 28.7. The number of Topliss-reactive ketones (excluding diaryl/α,β-unsaturated/α-hetero) is 1. The van der Waals surface area contributed by atoms with Crippen molar-refractivity contribution in [2.45, 2.75) is 206 Å². The Hall–Kier alpha value is -0.830. The second-order valence-corrected chi connectivity index (χ2v) is 17.4. The Labute approximate surface area is 314 Å². The quantitative estimate of drug-likeness (QED) is 0.0287. The van der Waals surface area contributed by atoms with E-state index >= 15 is 0 Å². The maximum Gasteiger partial charge on any atom is 0.305 e. The van der Waals surface area contributed by atoms with Crippen molar-refractivity contribution in [2.75, 3.05) is 40.9 Å². The van der Waals surface area contributed by atoms with Crippen LogP contribution in [0.25, 0.3) is 0 Å². The Morgan fingerprint density at radius 3 is 1.49 bits per heavy atom. The molecule has 0 saturated carbocycles. The number of carbonyl (C=O) groups excluding carboxylic acids is 2. The van der Waals surface area contributed by atoms with Crippen molar-refractivity contribution in [3.63, 3.8) is 0 Å². The molecule has 0 aliphatic heterocycles. The van der Waals surface area contributed by atoms with Crippen molar-refractivity contribution < 1.29 is 42.4 Å². The highest BCUT2D eigenvalue weighted by Gasteiger charge is 2.34. The molecule has 0 aromatic carbocycles. The van der Waals surface area contributed by atoms with Crippen LogP contribution in [0.3, 0.4) is 0 Å². The maximum absolute atomic E-state index is 13.6. The van der Waals surface area contributed by atoms with Crippen LogP contribution < -0.4 is 4.89 Å². The first kappa shape index (κ1) is 50.2. The van der Waals surface area contributed by atoms with Crippen molar-refractivity contribution in [1.82, 2.24) is 0 Å². The average molecular weight is 748 g/mol. The number of phosphoric acid groups is 1. The van der Waals surface area contributed by atoms with E-state index in [-0.39, 0.29) is 31.3 Å². The molecule has 0 aromatic heterocycles. The van der Waals surface area contributed by atoms with E-state index in [9.17, 15) is 24.2 Å². The Bertz CT molecular complexity index is 880. The van der Waals surface area contributed by atoms with Gasteiger partial charge in [0, 0.05) is 12.3 Å². The number of carbonyl (C=O) groups is 2. The predicted octanol–water partition coefficient (Wildman–Crippen LogP) is 10.2. The van der Waals surface area contributed by atoms with Gasteiger partial charge >= 0.3 is 5.97 Å². The summed E-state index contributed by atoms with van der Waals surface area (Å²) in [5.74, 6) is -0.903. The number of aliphatic hydroxyl groups excluding tert-OH is 1. The number of ether oxygens (including phenoxy) is 1. The largest absolute Gasteiger partial charge is 0.756 e. The number of nitrogens with zero attached hydrogens (tertiary/aromatic N) is 1. The Morgan fingerprint density at radius 2 is 1.06 bits per heavy atom. The lowest BCUT2D eigenvalue weighted by molar-refractivity contribution is -0.872. The highest BCUT2D eigenvalue weighted by atomic mass is 31.2. The number of esters is 1. The topological polar surface area (TPSA) is 122 Å². The monoisotopic (exact) mass is 748 g/mol. The average Bonchev–Trinajstić information content (AvgIpc) is 3.07. The standard InChI is InChI=1S/C41H82NO8P/c1-7-10-12-14-16-18-19-20-21-22-23-24-26-28-30-33-40(44)48-35-38(43)36-49-51(46,47)50-39(34-42(4,5)6)41(45)37(31-9-3)32-29-27-25-17-15-13-11-8-2/h37-39,43H,7-36H2,1-6H3/t37?,38-,39?/m1/s1. The number of ketones is 1. The van der Waals surface area contributed by atoms with Gasteiger partial charge in [-0.05, 0) is 19.3 Å². The van der Waals surface area contributed by atoms with Crippen LogP contribution in [-0.4, -0.2) is 74.5 Å². The molecule has 9 nitrogen and oxygen atoms in total. The van der Waals surface area contributed by atoms with Crippen LogP contribution in [0, 0.1) is 5.92 Å². The molecule has 0 saturated heterocycles. The smallest absolute Gasteiger partial charge is 0.305 e. The second-order valence-electron chi connectivity index (χ2n) is 16.0. The zero-order valence-electron chi connectivity index (χ0n) is 34.1. The minimum Gasteiger partial charge on any atom is -0.756 e. The van der Waals surface area contributed by atoms with Crippen molar-refractivity contribution in [3.05, 3.63) is 0 Å². The molecule has 4 atom stereocenters. The molecular weight excluding hydrogens is 665 g/mol. The lowest BCUT2D eigenvalue weighted by atomic mass is 9.89. The van der Waals surface area contributed by atoms with Gasteiger partial charge in [-0.1, -0.05) is 168 Å². The summed E-state index contributed by atoms with van der Waals surface area (Å²) in [6, 6.07) is 0. The summed E-state index contributed by atoms with van der Waals surface area (Å²) in [5.41, 5.74) is 0. The highest BCUT2D eigenvalue weighted by molar-refractivity contribution is 7.45. The van der Waals surface area contributed by atoms with Gasteiger partial charge in [-0.25, -0.2) is 0 Å². The number of hydrogen-bond acceptors (Lipinski definition) is 8. The molecule has 304 valence electrons. The fourth-order valence-corrected chi connectivity index (χ4v) is 7.45. The molecule has 0 aliphatic rings. The lowest BCUT2D eigenvalue weighted by Gasteiger charge is -2.34. The minimum atomic E-state index is -4.93. The third-order valence-electron chi connectivity index (χ3n) is 9.58. The Kier molecular flexibility index (Phi) is 32.1. The summed E-state index contributed by atoms with van der Waals surface area (Å²) >= 11 is 0. The van der Waals surface area contributed by atoms with Crippen LogP contribution >= 0.6 is 7.82 Å². The molecule has 0 aromatic rings. The van der Waals surface area contributed by atoms with Crippen LogP contribution in [0.15, 0.2) is 0 Å². The first-order valence-electron chi connectivity index (χ1n) is 21.2. The van der Waals surface area contributed by atoms with Gasteiger partial charge in [-0.3, -0.25) is 14.2 Å². The molecule has 0 radical (unpaired) electrons. The lowest BCUT2D eigenvalue weighted by Crippen LogP contribution is -2.47. The molecule has 0 aliphatic carbocycles. The van der Waals surface area contributed by atoms with Gasteiger partial charge < -0.3 is 28.3 Å². The van der Waals surface area contributed by atoms with Crippen molar-refractivity contribution in [1.29, 1.82) is 0 Å². The zero-order valence-corrected chi connectivity index (χ0v) is 35.0. The molecule has 0 heterocycles. The summed E-state index contributed by atoms with van der Waals surface area (Å²) in [7, 11) is 0.714. The first-order chi connectivity index (χ1) is 24.3. The molecule has 0 amide bonds. The predicted molar refractivity (Wildman–Crippen MR) is 208 cm³/mol. The van der Waals surface area contributed by atoms with Crippen LogP contribution in [-0.2, 0) is 27.9 Å². The summed E-state index contributed by atoms with van der Waals surface area (Å²) in [6.45, 7) is 5.69. The fraction of sp³-hybridized carbons (Fsp3) is 0.951. The molecule has 0 rings (SSSR count). The second kappa shape index (κ2) is 32.6. The van der Waals surface area contributed by atoms with E-state index in [1.165, 1.54) is 109 Å². The molecule has 51 heavy (non-hydrogen) atoms. The zero-order chi connectivity index (χ0) is 38.2. The molecule has 3 unspecified atom stereocenters. The maximum atomic E-state index is 13.6. The van der Waals surface area contributed by atoms with Crippen LogP contribution in [0.4, 0.5) is 0 Å². The van der Waals surface area contributed by atoms with Gasteiger partial charge in [0.15, 0.2) is 11.9 Å². The van der Waals surface area contributed by atoms with Gasteiger partial charge in [0.25, 0.3) is 7.82 Å². The minimum absolute atomic E-state index is 0.172. The summed E-state index contributed by atoms with van der Waals surface area (Å²) in [4.78, 5) is 38.6. The highest BCUT2D eigenvalue weighted by Crippen LogP contribution is 2.41. The van der Waals surface area contributed by atoms with E-state index in [2.05, 4.69) is 13.8 Å². The van der Waals surface area contributed by atoms with Crippen LogP contribution in [0.1, 0.15) is 194 Å². The number of aliphatic hydroxyl groups is 1. The SMILES string of the molecule is CCCCCCCCCCCCCCCCCC(=O)OC[C@@H](O)COP(=O)([O-])OC(C[N+](C)(C)C)C(=O)C(CCC)CCCCCCCCCC. The van der Waals surface area contributed by atoms with Gasteiger partial charge in [0.05, 0.1) is 27.7 Å². The van der Waals surface area contributed by atoms with Gasteiger partial charge in [0.1, 0.15) is 19.3 Å². The molecule has 0 fully saturated rings. The van der Waals surface area contributed by atoms with E-state index in [1.807, 2.05) is 28.1 Å². The number of hydrogen-bond donors (Lipinski definition) is 1. The number of likely N-dealkylation sites (N-methyl/N-ethyl adjacent to an activating group) is 1. The fourth-order valence-electron chi connectivity index (χ4n) is 6.55. The number of phosphoric ester groups is 1. The summed E-state index contributed by atoms with van der Waals surface area (Å²) in [6.07, 6.45) is 28.0. The molecular formula is C41H82NO8P. The van der Waals surface area contributed by atoms with E-state index in [0.717, 1.165) is 44.9 Å².